The van der Waals surface area contributed by atoms with Crippen molar-refractivity contribution in [3.8, 4) is 22.6 Å². The van der Waals surface area contributed by atoms with Crippen LogP contribution in [0.2, 0.25) is 5.02 Å². The molecule has 0 saturated heterocycles. The van der Waals surface area contributed by atoms with Gasteiger partial charge in [0.15, 0.2) is 0 Å². The molecule has 0 spiro atoms. The van der Waals surface area contributed by atoms with E-state index in [-0.39, 0.29) is 12.0 Å². The zero-order valence-electron chi connectivity index (χ0n) is 19.8. The zero-order valence-corrected chi connectivity index (χ0v) is 20.6. The molecule has 4 rings (SSSR count). The quantitative estimate of drug-likeness (QED) is 0.349. The summed E-state index contributed by atoms with van der Waals surface area (Å²) in [5.41, 5.74) is 2.54. The van der Waals surface area contributed by atoms with E-state index in [2.05, 4.69) is 5.32 Å². The van der Waals surface area contributed by atoms with Crippen molar-refractivity contribution in [3.63, 3.8) is 0 Å². The van der Waals surface area contributed by atoms with Gasteiger partial charge in [-0.3, -0.25) is 4.79 Å². The second kappa shape index (κ2) is 10.1. The van der Waals surface area contributed by atoms with Crippen molar-refractivity contribution < 1.29 is 18.7 Å². The molecule has 7 nitrogen and oxygen atoms in total. The van der Waals surface area contributed by atoms with Crippen LogP contribution in [0.1, 0.15) is 5.56 Å². The monoisotopic (exact) mass is 492 g/mol. The molecule has 8 heteroatoms. The molecular formula is C27H25ClN2O5. The van der Waals surface area contributed by atoms with Crippen molar-refractivity contribution in [1.29, 1.82) is 0 Å². The molecule has 0 aliphatic rings. The SMILES string of the molecule is COc1cccc(OC)c1NC(=O)Cc1c(-c2ccccc2)c2cc(N(C)C)c(Cl)cc2oc1=O. The van der Waals surface area contributed by atoms with Gasteiger partial charge in [0, 0.05) is 31.1 Å². The van der Waals surface area contributed by atoms with Gasteiger partial charge < -0.3 is 24.1 Å². The van der Waals surface area contributed by atoms with Gasteiger partial charge in [0.2, 0.25) is 5.91 Å². The van der Waals surface area contributed by atoms with Crippen LogP contribution in [0, 0.1) is 0 Å². The van der Waals surface area contributed by atoms with Crippen molar-refractivity contribution in [1.82, 2.24) is 0 Å². The number of rotatable bonds is 7. The number of para-hydroxylation sites is 1. The minimum atomic E-state index is -0.604. The third-order valence-electron chi connectivity index (χ3n) is 5.64. The fourth-order valence-electron chi connectivity index (χ4n) is 4.01. The van der Waals surface area contributed by atoms with Crippen molar-refractivity contribution in [2.75, 3.05) is 38.5 Å². The third-order valence-corrected chi connectivity index (χ3v) is 5.95. The van der Waals surface area contributed by atoms with E-state index in [4.69, 9.17) is 25.5 Å². The molecular weight excluding hydrogens is 468 g/mol. The molecule has 1 amide bonds. The summed E-state index contributed by atoms with van der Waals surface area (Å²) in [4.78, 5) is 28.2. The molecule has 0 bridgehead atoms. The van der Waals surface area contributed by atoms with Crippen molar-refractivity contribution in [2.45, 2.75) is 6.42 Å². The Morgan fingerprint density at radius 3 is 2.26 bits per heavy atom. The van der Waals surface area contributed by atoms with Crippen LogP contribution in [-0.2, 0) is 11.2 Å². The number of carbonyl (C=O) groups excluding carboxylic acids is 1. The average molecular weight is 493 g/mol. The standard InChI is InChI=1S/C27H25ClN2O5/c1-30(2)20-13-17-23(15-19(20)28)35-27(32)18(25(17)16-9-6-5-7-10-16)14-24(31)29-26-21(33-3)11-8-12-22(26)34-4/h5-13,15H,14H2,1-4H3,(H,29,31). The molecule has 180 valence electrons. The van der Waals surface area contributed by atoms with E-state index in [0.717, 1.165) is 11.3 Å². The van der Waals surface area contributed by atoms with E-state index in [1.54, 1.807) is 24.3 Å². The Kier molecular flexibility index (Phi) is 6.98. The van der Waals surface area contributed by atoms with Crippen LogP contribution < -0.4 is 25.3 Å². The second-order valence-electron chi connectivity index (χ2n) is 8.07. The van der Waals surface area contributed by atoms with E-state index in [9.17, 15) is 9.59 Å². The van der Waals surface area contributed by atoms with E-state index in [1.165, 1.54) is 14.2 Å². The molecule has 1 heterocycles. The van der Waals surface area contributed by atoms with Crippen molar-refractivity contribution >= 4 is 39.9 Å². The van der Waals surface area contributed by atoms with E-state index >= 15 is 0 Å². The van der Waals surface area contributed by atoms with Crippen molar-refractivity contribution in [2.24, 2.45) is 0 Å². The summed E-state index contributed by atoms with van der Waals surface area (Å²) in [6, 6.07) is 18.1. The number of halogens is 1. The maximum atomic E-state index is 13.2. The molecule has 0 atom stereocenters. The highest BCUT2D eigenvalue weighted by atomic mass is 35.5. The minimum absolute atomic E-state index is 0.219. The first-order valence-corrected chi connectivity index (χ1v) is 11.2. The molecule has 0 fully saturated rings. The Labute approximate surface area is 207 Å². The summed E-state index contributed by atoms with van der Waals surface area (Å²) in [5.74, 6) is 0.465. The summed E-state index contributed by atoms with van der Waals surface area (Å²) >= 11 is 6.43. The summed E-state index contributed by atoms with van der Waals surface area (Å²) < 4.78 is 16.4. The van der Waals surface area contributed by atoms with E-state index < -0.39 is 11.5 Å². The molecule has 35 heavy (non-hydrogen) atoms. The fourth-order valence-corrected chi connectivity index (χ4v) is 4.33. The molecule has 4 aromatic rings. The Morgan fingerprint density at radius 2 is 1.66 bits per heavy atom. The highest BCUT2D eigenvalue weighted by Crippen LogP contribution is 2.37. The molecule has 0 saturated carbocycles. The predicted octanol–water partition coefficient (Wildman–Crippen LogP) is 5.38. The van der Waals surface area contributed by atoms with Gasteiger partial charge in [0.05, 0.1) is 36.9 Å². The van der Waals surface area contributed by atoms with Gasteiger partial charge in [0.25, 0.3) is 0 Å². The number of benzene rings is 3. The Hall–Kier alpha value is -3.97. The highest BCUT2D eigenvalue weighted by molar-refractivity contribution is 6.34. The van der Waals surface area contributed by atoms with Crippen LogP contribution in [0.4, 0.5) is 11.4 Å². The summed E-state index contributed by atoms with van der Waals surface area (Å²) in [7, 11) is 6.76. The first kappa shape index (κ1) is 24.2. The zero-order chi connectivity index (χ0) is 25.1. The molecule has 1 N–H and O–H groups in total. The van der Waals surface area contributed by atoms with Crippen LogP contribution in [0.15, 0.2) is 69.9 Å². The Balaban J connectivity index is 1.86. The smallest absolute Gasteiger partial charge is 0.340 e. The molecule has 3 aromatic carbocycles. The minimum Gasteiger partial charge on any atom is -0.494 e. The lowest BCUT2D eigenvalue weighted by molar-refractivity contribution is -0.115. The maximum absolute atomic E-state index is 13.2. The average Bonchev–Trinajstić information content (AvgIpc) is 2.84. The van der Waals surface area contributed by atoms with E-state index in [1.807, 2.05) is 55.4 Å². The number of hydrogen-bond acceptors (Lipinski definition) is 6. The molecule has 0 radical (unpaired) electrons. The number of carbonyl (C=O) groups is 1. The molecule has 0 aliphatic carbocycles. The highest BCUT2D eigenvalue weighted by Gasteiger charge is 2.22. The Bertz CT molecular complexity index is 1430. The predicted molar refractivity (Wildman–Crippen MR) is 139 cm³/mol. The molecule has 0 aliphatic heterocycles. The fraction of sp³-hybridized carbons (Fsp3) is 0.185. The number of methoxy groups -OCH3 is 2. The summed E-state index contributed by atoms with van der Waals surface area (Å²) in [6.07, 6.45) is -0.219. The van der Waals surface area contributed by atoms with E-state index in [0.29, 0.717) is 38.7 Å². The van der Waals surface area contributed by atoms with Gasteiger partial charge in [0.1, 0.15) is 22.8 Å². The number of anilines is 2. The first-order chi connectivity index (χ1) is 16.8. The van der Waals surface area contributed by atoms with Crippen LogP contribution in [0.5, 0.6) is 11.5 Å². The van der Waals surface area contributed by atoms with Crippen molar-refractivity contribution in [3.05, 3.63) is 81.7 Å². The van der Waals surface area contributed by atoms with Gasteiger partial charge >= 0.3 is 5.63 Å². The third kappa shape index (κ3) is 4.81. The number of ether oxygens (including phenoxy) is 2. The normalized spacial score (nSPS) is 10.8. The molecule has 0 unspecified atom stereocenters. The lowest BCUT2D eigenvalue weighted by Gasteiger charge is -2.18. The van der Waals surface area contributed by atoms with Crippen LogP contribution in [0.3, 0.4) is 0 Å². The van der Waals surface area contributed by atoms with Crippen LogP contribution in [0.25, 0.3) is 22.1 Å². The van der Waals surface area contributed by atoms with Crippen LogP contribution >= 0.6 is 11.6 Å². The number of nitrogens with one attached hydrogen (secondary N) is 1. The number of hydrogen-bond donors (Lipinski definition) is 1. The number of amides is 1. The lowest BCUT2D eigenvalue weighted by Crippen LogP contribution is -2.21. The topological polar surface area (TPSA) is 81.0 Å². The Morgan fingerprint density at radius 1 is 1.00 bits per heavy atom. The van der Waals surface area contributed by atoms with Gasteiger partial charge in [-0.05, 0) is 23.8 Å². The largest absolute Gasteiger partial charge is 0.494 e. The van der Waals surface area contributed by atoms with Gasteiger partial charge in [-0.25, -0.2) is 4.79 Å². The number of fused-ring (bicyclic) bond motifs is 1. The maximum Gasteiger partial charge on any atom is 0.340 e. The first-order valence-electron chi connectivity index (χ1n) is 10.9. The summed E-state index contributed by atoms with van der Waals surface area (Å²) in [5, 5.41) is 3.96. The van der Waals surface area contributed by atoms with Gasteiger partial charge in [-0.1, -0.05) is 48.0 Å². The summed E-state index contributed by atoms with van der Waals surface area (Å²) in [6.45, 7) is 0. The number of nitrogens with zero attached hydrogens (tertiary/aromatic N) is 1. The van der Waals surface area contributed by atoms with Gasteiger partial charge in [-0.2, -0.15) is 0 Å². The van der Waals surface area contributed by atoms with Crippen LogP contribution in [-0.4, -0.2) is 34.2 Å². The lowest BCUT2D eigenvalue weighted by atomic mass is 9.95. The van der Waals surface area contributed by atoms with Gasteiger partial charge in [-0.15, -0.1) is 0 Å². The second-order valence-corrected chi connectivity index (χ2v) is 8.47. The molecule has 1 aromatic heterocycles.